The minimum Gasteiger partial charge on any atom is -0.456 e. The summed E-state index contributed by atoms with van der Waals surface area (Å²) >= 11 is 1.58. The zero-order chi connectivity index (χ0) is 21.1. The number of para-hydroxylation sites is 1. The fourth-order valence-corrected chi connectivity index (χ4v) is 4.15. The van der Waals surface area contributed by atoms with Crippen LogP contribution in [0.25, 0.3) is 16.6 Å². The van der Waals surface area contributed by atoms with Crippen molar-refractivity contribution in [3.8, 4) is 5.69 Å². The Hall–Kier alpha value is -3.32. The lowest BCUT2D eigenvalue weighted by Crippen LogP contribution is -2.22. The van der Waals surface area contributed by atoms with Crippen molar-refractivity contribution in [2.24, 2.45) is 0 Å². The molecule has 0 N–H and O–H groups in total. The number of nitrogens with zero attached hydrogens (tertiary/aromatic N) is 3. The predicted octanol–water partition coefficient (Wildman–Crippen LogP) is 4.46. The van der Waals surface area contributed by atoms with Crippen LogP contribution in [0.15, 0.2) is 58.7 Å². The van der Waals surface area contributed by atoms with Gasteiger partial charge in [0.2, 0.25) is 0 Å². The second kappa shape index (κ2) is 8.59. The average molecular weight is 420 g/mol. The highest BCUT2D eigenvalue weighted by Gasteiger charge is 2.12. The first-order valence-electron chi connectivity index (χ1n) is 9.76. The monoisotopic (exact) mass is 419 g/mol. The van der Waals surface area contributed by atoms with E-state index in [9.17, 15) is 9.59 Å². The Labute approximate surface area is 177 Å². The number of rotatable bonds is 6. The first-order chi connectivity index (χ1) is 14.6. The molecule has 7 heteroatoms. The highest BCUT2D eigenvalue weighted by Crippen LogP contribution is 2.16. The largest absolute Gasteiger partial charge is 0.456 e. The van der Waals surface area contributed by atoms with Crippen molar-refractivity contribution in [2.45, 2.75) is 33.3 Å². The molecule has 0 saturated carbocycles. The van der Waals surface area contributed by atoms with Crippen LogP contribution < -0.4 is 5.56 Å². The number of fused-ring (bicyclic) bond motifs is 1. The van der Waals surface area contributed by atoms with E-state index < -0.39 is 5.97 Å². The Morgan fingerprint density at radius 1 is 1.10 bits per heavy atom. The van der Waals surface area contributed by atoms with Gasteiger partial charge < -0.3 is 4.74 Å². The number of esters is 1. The van der Waals surface area contributed by atoms with Crippen LogP contribution >= 0.6 is 11.3 Å². The maximum absolute atomic E-state index is 12.9. The van der Waals surface area contributed by atoms with Crippen LogP contribution in [-0.2, 0) is 17.8 Å². The molecule has 30 heavy (non-hydrogen) atoms. The third kappa shape index (κ3) is 4.02. The number of ether oxygens (including phenoxy) is 1. The maximum atomic E-state index is 12.9. The molecule has 0 amide bonds. The minimum atomic E-state index is -0.424. The van der Waals surface area contributed by atoms with Gasteiger partial charge in [-0.1, -0.05) is 19.1 Å². The molecule has 2 aromatic carbocycles. The van der Waals surface area contributed by atoms with E-state index in [-0.39, 0.29) is 12.2 Å². The molecule has 0 bridgehead atoms. The smallest absolute Gasteiger partial charge is 0.338 e. The van der Waals surface area contributed by atoms with Gasteiger partial charge in [0, 0.05) is 5.38 Å². The molecule has 0 saturated heterocycles. The Balaban J connectivity index is 1.52. The summed E-state index contributed by atoms with van der Waals surface area (Å²) in [6.07, 6.45) is 1.97. The van der Waals surface area contributed by atoms with E-state index in [0.29, 0.717) is 28.0 Å². The summed E-state index contributed by atoms with van der Waals surface area (Å²) < 4.78 is 6.92. The van der Waals surface area contributed by atoms with Crippen LogP contribution in [0.2, 0.25) is 0 Å². The molecule has 0 unspecified atom stereocenters. The molecule has 0 aliphatic heterocycles. The van der Waals surface area contributed by atoms with Crippen molar-refractivity contribution in [1.82, 2.24) is 14.5 Å². The summed E-state index contributed by atoms with van der Waals surface area (Å²) in [6.45, 7) is 4.04. The van der Waals surface area contributed by atoms with Gasteiger partial charge in [-0.25, -0.2) is 14.8 Å². The van der Waals surface area contributed by atoms with Crippen molar-refractivity contribution in [3.63, 3.8) is 0 Å². The molecule has 0 radical (unpaired) electrons. The van der Waals surface area contributed by atoms with Gasteiger partial charge in [0.15, 0.2) is 0 Å². The van der Waals surface area contributed by atoms with Crippen LogP contribution in [0.3, 0.4) is 0 Å². The third-order valence-corrected chi connectivity index (χ3v) is 5.68. The summed E-state index contributed by atoms with van der Waals surface area (Å²) in [6, 6.07) is 14.0. The molecule has 0 aliphatic rings. The lowest BCUT2D eigenvalue weighted by Gasteiger charge is -2.11. The highest BCUT2D eigenvalue weighted by atomic mass is 32.1. The topological polar surface area (TPSA) is 74.1 Å². The molecular formula is C23H21N3O3S. The number of thiazole rings is 1. The number of aromatic nitrogens is 3. The van der Waals surface area contributed by atoms with Crippen LogP contribution in [0.5, 0.6) is 0 Å². The Morgan fingerprint density at radius 2 is 1.87 bits per heavy atom. The summed E-state index contributed by atoms with van der Waals surface area (Å²) in [7, 11) is 0. The first-order valence-corrected chi connectivity index (χ1v) is 10.6. The molecule has 0 atom stereocenters. The molecule has 6 nitrogen and oxygen atoms in total. The Kier molecular flexibility index (Phi) is 5.72. The van der Waals surface area contributed by atoms with Crippen LogP contribution in [0.1, 0.15) is 40.2 Å². The molecule has 152 valence electrons. The van der Waals surface area contributed by atoms with Gasteiger partial charge in [-0.15, -0.1) is 11.3 Å². The van der Waals surface area contributed by atoms with Crippen LogP contribution in [0.4, 0.5) is 0 Å². The van der Waals surface area contributed by atoms with Gasteiger partial charge in [0.25, 0.3) is 5.56 Å². The van der Waals surface area contributed by atoms with E-state index >= 15 is 0 Å². The van der Waals surface area contributed by atoms with E-state index in [1.165, 1.54) is 0 Å². The lowest BCUT2D eigenvalue weighted by atomic mass is 10.2. The van der Waals surface area contributed by atoms with Gasteiger partial charge in [-0.2, -0.15) is 0 Å². The quantitative estimate of drug-likeness (QED) is 0.432. The minimum absolute atomic E-state index is 0.139. The molecule has 2 aromatic heterocycles. The molecule has 0 spiro atoms. The molecule has 0 aliphatic carbocycles. The van der Waals surface area contributed by atoms with Gasteiger partial charge in [-0.05, 0) is 56.2 Å². The maximum Gasteiger partial charge on any atom is 0.338 e. The summed E-state index contributed by atoms with van der Waals surface area (Å²) in [4.78, 5) is 34.3. The number of hydrogen-bond donors (Lipinski definition) is 0. The van der Waals surface area contributed by atoms with Gasteiger partial charge in [0.05, 0.1) is 32.9 Å². The van der Waals surface area contributed by atoms with Crippen molar-refractivity contribution < 1.29 is 9.53 Å². The van der Waals surface area contributed by atoms with E-state index in [1.54, 1.807) is 53.2 Å². The normalized spacial score (nSPS) is 11.0. The first kappa shape index (κ1) is 20.0. The molecule has 4 rings (SSSR count). The third-order valence-electron chi connectivity index (χ3n) is 4.72. The Morgan fingerprint density at radius 3 is 2.63 bits per heavy atom. The standard InChI is InChI=1S/C23H21N3O3S/c1-3-6-21-25-17(14-30-21)13-29-23(28)16-9-11-18(12-10-16)26-15(2)24-20-8-5-4-7-19(20)22(26)27/h4-5,7-12,14H,3,6,13H2,1-2H3. The van der Waals surface area contributed by atoms with Crippen molar-refractivity contribution in [2.75, 3.05) is 0 Å². The van der Waals surface area contributed by atoms with Crippen molar-refractivity contribution >= 4 is 28.2 Å². The van der Waals surface area contributed by atoms with Gasteiger partial charge in [0.1, 0.15) is 12.4 Å². The predicted molar refractivity (Wildman–Crippen MR) is 117 cm³/mol. The van der Waals surface area contributed by atoms with Crippen LogP contribution in [0, 0.1) is 6.92 Å². The van der Waals surface area contributed by atoms with E-state index in [1.807, 2.05) is 23.6 Å². The summed E-state index contributed by atoms with van der Waals surface area (Å²) in [5.74, 6) is 0.160. The summed E-state index contributed by atoms with van der Waals surface area (Å²) in [5, 5.41) is 3.53. The number of carbonyl (C=O) groups excluding carboxylic acids is 1. The van der Waals surface area contributed by atoms with E-state index in [4.69, 9.17) is 4.74 Å². The zero-order valence-corrected chi connectivity index (χ0v) is 17.6. The number of aryl methyl sites for hydroxylation is 2. The molecule has 0 fully saturated rings. The fourth-order valence-electron chi connectivity index (χ4n) is 3.26. The lowest BCUT2D eigenvalue weighted by molar-refractivity contribution is 0.0468. The fraction of sp³-hybridized carbons (Fsp3) is 0.217. The number of benzene rings is 2. The number of hydrogen-bond acceptors (Lipinski definition) is 6. The SMILES string of the molecule is CCCc1nc(COC(=O)c2ccc(-n3c(C)nc4ccccc4c3=O)cc2)cs1. The summed E-state index contributed by atoms with van der Waals surface area (Å²) in [5.41, 5.74) is 2.36. The average Bonchev–Trinajstić information content (AvgIpc) is 3.20. The van der Waals surface area contributed by atoms with Gasteiger partial charge in [-0.3, -0.25) is 9.36 Å². The Bertz CT molecular complexity index is 1260. The number of carbonyl (C=O) groups is 1. The second-order valence-corrected chi connectivity index (χ2v) is 7.86. The van der Waals surface area contributed by atoms with Crippen LogP contribution in [-0.4, -0.2) is 20.5 Å². The van der Waals surface area contributed by atoms with Gasteiger partial charge >= 0.3 is 5.97 Å². The van der Waals surface area contributed by atoms with Crippen molar-refractivity contribution in [1.29, 1.82) is 0 Å². The second-order valence-electron chi connectivity index (χ2n) is 6.92. The molecular weight excluding hydrogens is 398 g/mol. The molecule has 4 aromatic rings. The van der Waals surface area contributed by atoms with Crippen molar-refractivity contribution in [3.05, 3.63) is 86.4 Å². The van der Waals surface area contributed by atoms with E-state index in [2.05, 4.69) is 16.9 Å². The zero-order valence-electron chi connectivity index (χ0n) is 16.8. The molecule has 2 heterocycles. The van der Waals surface area contributed by atoms with E-state index in [0.717, 1.165) is 23.5 Å². The highest BCUT2D eigenvalue weighted by molar-refractivity contribution is 7.09.